The standard InChI is InChI=1S/C13H12Br2F7O3S2/c1-3-26(23)7(2)10(15)5-8(14)4-9(6-10)27(24,25)13(21,22)11(16,17)12(18,19)20/h4-7H,3H2,1-2H3. The molecule has 3 nitrogen and oxygen atoms in total. The van der Waals surface area contributed by atoms with Gasteiger partial charge in [0.1, 0.15) is 15.3 Å². The van der Waals surface area contributed by atoms with Crippen LogP contribution in [0.2, 0.25) is 0 Å². The minimum atomic E-state index is -6.83. The Bertz CT molecular complexity index is 749. The third-order valence-electron chi connectivity index (χ3n) is 3.67. The molecule has 0 aromatic rings. The topological polar surface area (TPSA) is 57.2 Å². The molecule has 1 rings (SSSR count). The van der Waals surface area contributed by atoms with Crippen molar-refractivity contribution in [3.8, 4) is 0 Å². The van der Waals surface area contributed by atoms with Gasteiger partial charge in [-0.15, -0.1) is 0 Å². The van der Waals surface area contributed by atoms with E-state index in [-0.39, 0.29) is 10.2 Å². The van der Waals surface area contributed by atoms with Gasteiger partial charge in [0.05, 0.1) is 4.91 Å². The molecule has 0 aromatic carbocycles. The van der Waals surface area contributed by atoms with Crippen LogP contribution in [-0.2, 0) is 21.0 Å². The second-order valence-electron chi connectivity index (χ2n) is 5.45. The molecule has 0 N–H and O–H groups in total. The molecule has 0 spiro atoms. The Labute approximate surface area is 170 Å². The molecule has 1 radical (unpaired) electrons. The maximum atomic E-state index is 13.8. The van der Waals surface area contributed by atoms with Crippen LogP contribution >= 0.6 is 31.9 Å². The molecule has 3 unspecified atom stereocenters. The van der Waals surface area contributed by atoms with E-state index in [1.165, 1.54) is 20.3 Å². The van der Waals surface area contributed by atoms with Crippen molar-refractivity contribution in [3.05, 3.63) is 28.0 Å². The number of hydrogen-bond donors (Lipinski definition) is 0. The van der Waals surface area contributed by atoms with E-state index >= 15 is 0 Å². The monoisotopic (exact) mass is 571 g/mol. The van der Waals surface area contributed by atoms with E-state index in [4.69, 9.17) is 0 Å². The Balaban J connectivity index is 3.57. The summed E-state index contributed by atoms with van der Waals surface area (Å²) in [7, 11) is -6.47. The molecule has 0 saturated heterocycles. The molecule has 157 valence electrons. The third-order valence-corrected chi connectivity index (χ3v) is 9.11. The fourth-order valence-electron chi connectivity index (χ4n) is 2.01. The normalized spacial score (nSPS) is 24.9. The number of hydrogen-bond acceptors (Lipinski definition) is 3. The molecular weight excluding hydrogens is 561 g/mol. The van der Waals surface area contributed by atoms with Crippen molar-refractivity contribution >= 4 is 52.9 Å². The number of halogens is 9. The van der Waals surface area contributed by atoms with Gasteiger partial charge in [-0.05, 0) is 37.2 Å². The van der Waals surface area contributed by atoms with Gasteiger partial charge in [-0.1, -0.05) is 31.9 Å². The quantitative estimate of drug-likeness (QED) is 0.259. The predicted molar refractivity (Wildman–Crippen MR) is 94.1 cm³/mol. The molecule has 0 aliphatic heterocycles. The van der Waals surface area contributed by atoms with Crippen molar-refractivity contribution in [2.75, 3.05) is 5.75 Å². The van der Waals surface area contributed by atoms with Crippen LogP contribution in [0.1, 0.15) is 13.8 Å². The van der Waals surface area contributed by atoms with E-state index < -0.39 is 52.8 Å². The minimum absolute atomic E-state index is 0.0991. The van der Waals surface area contributed by atoms with Crippen LogP contribution in [0.5, 0.6) is 0 Å². The average Bonchev–Trinajstić information content (AvgIpc) is 2.50. The summed E-state index contributed by atoms with van der Waals surface area (Å²) < 4.78 is 125. The van der Waals surface area contributed by atoms with E-state index in [1.807, 2.05) is 0 Å². The molecule has 0 heterocycles. The van der Waals surface area contributed by atoms with Crippen molar-refractivity contribution in [2.45, 2.75) is 40.8 Å². The van der Waals surface area contributed by atoms with Crippen LogP contribution in [0.15, 0.2) is 21.5 Å². The zero-order chi connectivity index (χ0) is 21.6. The lowest BCUT2D eigenvalue weighted by Gasteiger charge is -2.35. The van der Waals surface area contributed by atoms with Crippen LogP contribution in [0, 0.1) is 6.42 Å². The summed E-state index contributed by atoms with van der Waals surface area (Å²) in [6, 6.07) is 0. The van der Waals surface area contributed by atoms with Crippen LogP contribution in [-0.4, -0.2) is 45.7 Å². The molecule has 0 amide bonds. The molecule has 14 heteroatoms. The first-order valence-electron chi connectivity index (χ1n) is 6.94. The Kier molecular flexibility index (Phi) is 7.29. The Morgan fingerprint density at radius 2 is 1.70 bits per heavy atom. The van der Waals surface area contributed by atoms with E-state index in [0.29, 0.717) is 12.2 Å². The van der Waals surface area contributed by atoms with Gasteiger partial charge >= 0.3 is 17.4 Å². The van der Waals surface area contributed by atoms with Crippen LogP contribution < -0.4 is 0 Å². The third kappa shape index (κ3) is 4.38. The number of sulfone groups is 1. The predicted octanol–water partition coefficient (Wildman–Crippen LogP) is 4.86. The summed E-state index contributed by atoms with van der Waals surface area (Å²) in [4.78, 5) is -1.47. The molecule has 0 bridgehead atoms. The summed E-state index contributed by atoms with van der Waals surface area (Å²) in [6.07, 6.45) is -4.57. The molecule has 0 saturated carbocycles. The lowest BCUT2D eigenvalue weighted by atomic mass is 9.97. The van der Waals surface area contributed by atoms with Gasteiger partial charge in [-0.3, -0.25) is 0 Å². The number of alkyl halides is 8. The summed E-state index contributed by atoms with van der Waals surface area (Å²) >= 11 is 4.23. The molecule has 1 aliphatic carbocycles. The molecule has 3 atom stereocenters. The maximum absolute atomic E-state index is 13.8. The van der Waals surface area contributed by atoms with Gasteiger partial charge in [0.2, 0.25) is 9.84 Å². The van der Waals surface area contributed by atoms with Crippen molar-refractivity contribution in [1.82, 2.24) is 0 Å². The van der Waals surface area contributed by atoms with Crippen molar-refractivity contribution in [2.24, 2.45) is 0 Å². The summed E-state index contributed by atoms with van der Waals surface area (Å²) in [5, 5.41) is -7.39. The first-order chi connectivity index (χ1) is 11.8. The van der Waals surface area contributed by atoms with Crippen LogP contribution in [0.4, 0.5) is 30.7 Å². The highest BCUT2D eigenvalue weighted by Gasteiger charge is 2.79. The Morgan fingerprint density at radius 3 is 2.11 bits per heavy atom. The van der Waals surface area contributed by atoms with Gasteiger partial charge in [0, 0.05) is 10.9 Å². The van der Waals surface area contributed by atoms with Crippen LogP contribution in [0.3, 0.4) is 0 Å². The van der Waals surface area contributed by atoms with Gasteiger partial charge in [0.15, 0.2) is 0 Å². The van der Waals surface area contributed by atoms with Crippen molar-refractivity contribution in [3.63, 3.8) is 0 Å². The van der Waals surface area contributed by atoms with Gasteiger partial charge < -0.3 is 4.55 Å². The molecule has 27 heavy (non-hydrogen) atoms. The van der Waals surface area contributed by atoms with E-state index in [2.05, 4.69) is 31.9 Å². The second-order valence-corrected chi connectivity index (χ2v) is 11.8. The highest BCUT2D eigenvalue weighted by molar-refractivity contribution is 9.12. The number of allylic oxidation sites excluding steroid dienone is 3. The highest BCUT2D eigenvalue weighted by atomic mass is 79.9. The van der Waals surface area contributed by atoms with Crippen molar-refractivity contribution in [1.29, 1.82) is 0 Å². The SMILES string of the molecule is CC[S+]([O-])C(C)C1(Br)[CH]C(Br)=CC(S(=O)(=O)C(F)(F)C(F)(F)C(F)(F)F)=C1. The first kappa shape index (κ1) is 25.2. The fourth-order valence-corrected chi connectivity index (χ4v) is 6.79. The molecule has 1 aliphatic rings. The zero-order valence-corrected chi connectivity index (χ0v) is 18.3. The summed E-state index contributed by atoms with van der Waals surface area (Å²) in [5.74, 6) is -6.73. The van der Waals surface area contributed by atoms with Gasteiger partial charge in [0.25, 0.3) is 0 Å². The summed E-state index contributed by atoms with van der Waals surface area (Å²) in [5.41, 5.74) is 0. The molecular formula is C13H12Br2F7O3S2. The lowest BCUT2D eigenvalue weighted by Crippen LogP contribution is -2.56. The molecule has 0 fully saturated rings. The van der Waals surface area contributed by atoms with Gasteiger partial charge in [-0.2, -0.15) is 30.7 Å². The van der Waals surface area contributed by atoms with E-state index in [1.54, 1.807) is 0 Å². The largest absolute Gasteiger partial charge is 0.616 e. The van der Waals surface area contributed by atoms with Crippen LogP contribution in [0.25, 0.3) is 0 Å². The lowest BCUT2D eigenvalue weighted by molar-refractivity contribution is -0.331. The van der Waals surface area contributed by atoms with E-state index in [9.17, 15) is 43.7 Å². The zero-order valence-electron chi connectivity index (χ0n) is 13.5. The fraction of sp³-hybridized carbons (Fsp3) is 0.615. The van der Waals surface area contributed by atoms with Gasteiger partial charge in [-0.25, -0.2) is 8.42 Å². The molecule has 0 aromatic heterocycles. The first-order valence-corrected chi connectivity index (χ1v) is 11.4. The maximum Gasteiger partial charge on any atom is 0.461 e. The summed E-state index contributed by atoms with van der Waals surface area (Å²) in [6.45, 7) is 2.88. The van der Waals surface area contributed by atoms with E-state index in [0.717, 1.165) is 0 Å². The highest BCUT2D eigenvalue weighted by Crippen LogP contribution is 2.52. The number of rotatable bonds is 6. The van der Waals surface area contributed by atoms with Crippen molar-refractivity contribution < 1.29 is 43.7 Å². The second kappa shape index (κ2) is 7.80. The Morgan fingerprint density at radius 1 is 1.22 bits per heavy atom. The Hall–Kier alpha value is 0.210. The minimum Gasteiger partial charge on any atom is -0.616 e. The average molecular weight is 573 g/mol. The smallest absolute Gasteiger partial charge is 0.461 e.